The summed E-state index contributed by atoms with van der Waals surface area (Å²) >= 11 is 0. The van der Waals surface area contributed by atoms with Gasteiger partial charge in [0.05, 0.1) is 23.5 Å². The molecule has 0 atom stereocenters. The predicted octanol–water partition coefficient (Wildman–Crippen LogP) is 2.36. The van der Waals surface area contributed by atoms with Crippen molar-refractivity contribution >= 4 is 15.7 Å². The lowest BCUT2D eigenvalue weighted by Gasteiger charge is -2.30. The highest BCUT2D eigenvalue weighted by molar-refractivity contribution is 7.92. The number of sulfonamides is 1. The van der Waals surface area contributed by atoms with Gasteiger partial charge in [0, 0.05) is 12.4 Å². The molecule has 0 bridgehead atoms. The Morgan fingerprint density at radius 1 is 1.15 bits per heavy atom. The number of benzene rings is 1. The Morgan fingerprint density at radius 2 is 1.89 bits per heavy atom. The summed E-state index contributed by atoms with van der Waals surface area (Å²) in [5.41, 5.74) is 1.81. The molecule has 0 spiro atoms. The fourth-order valence-corrected chi connectivity index (χ4v) is 4.25. The second kappa shape index (κ2) is 6.65. The summed E-state index contributed by atoms with van der Waals surface area (Å²) in [6.07, 6.45) is 0.246. The van der Waals surface area contributed by atoms with E-state index in [-0.39, 0.29) is 29.6 Å². The van der Waals surface area contributed by atoms with Crippen LogP contribution in [0.5, 0.6) is 0 Å². The van der Waals surface area contributed by atoms with Crippen LogP contribution in [0.1, 0.15) is 23.7 Å². The second-order valence-corrected chi connectivity index (χ2v) is 7.85. The van der Waals surface area contributed by atoms with Gasteiger partial charge < -0.3 is 4.42 Å². The van der Waals surface area contributed by atoms with Crippen molar-refractivity contribution in [2.75, 3.05) is 10.1 Å². The first kappa shape index (κ1) is 17.5. The van der Waals surface area contributed by atoms with Gasteiger partial charge in [0.15, 0.2) is 0 Å². The highest BCUT2D eigenvalue weighted by Gasteiger charge is 2.30. The largest absolute Gasteiger partial charge is 0.415 e. The SMILES string of the molecule is O=S1(=O)CCc2ccccc2N1Cc1ncc(-c2nnc(C(F)F)o2)cn1. The summed E-state index contributed by atoms with van der Waals surface area (Å²) in [5.74, 6) is -0.647. The molecule has 1 aromatic carbocycles. The molecule has 4 rings (SSSR count). The van der Waals surface area contributed by atoms with E-state index in [4.69, 9.17) is 4.42 Å². The minimum absolute atomic E-state index is 0.0144. The summed E-state index contributed by atoms with van der Waals surface area (Å²) in [6.45, 7) is -0.0360. The van der Waals surface area contributed by atoms with Crippen LogP contribution in [-0.2, 0) is 23.0 Å². The molecule has 0 amide bonds. The summed E-state index contributed by atoms with van der Waals surface area (Å²) in [5, 5.41) is 6.77. The maximum Gasteiger partial charge on any atom is 0.314 e. The molecule has 1 aliphatic rings. The Labute approximate surface area is 152 Å². The predicted molar refractivity (Wildman–Crippen MR) is 90.4 cm³/mol. The molecular weight excluding hydrogens is 380 g/mol. The van der Waals surface area contributed by atoms with Gasteiger partial charge in [-0.3, -0.25) is 4.31 Å². The summed E-state index contributed by atoms with van der Waals surface area (Å²) < 4.78 is 56.1. The van der Waals surface area contributed by atoms with Gasteiger partial charge in [-0.1, -0.05) is 18.2 Å². The van der Waals surface area contributed by atoms with Crippen molar-refractivity contribution < 1.29 is 21.6 Å². The molecular formula is C16H13F2N5O3S. The van der Waals surface area contributed by atoms with Gasteiger partial charge >= 0.3 is 6.43 Å². The van der Waals surface area contributed by atoms with Crippen LogP contribution >= 0.6 is 0 Å². The molecule has 0 saturated heterocycles. The van der Waals surface area contributed by atoms with Crippen LogP contribution in [0.25, 0.3) is 11.5 Å². The molecule has 11 heteroatoms. The van der Waals surface area contributed by atoms with Crippen LogP contribution in [-0.4, -0.2) is 34.3 Å². The lowest BCUT2D eigenvalue weighted by atomic mass is 10.1. The van der Waals surface area contributed by atoms with Gasteiger partial charge in [-0.25, -0.2) is 18.4 Å². The first-order valence-corrected chi connectivity index (χ1v) is 9.56. The Bertz CT molecular complexity index is 1070. The number of hydrogen-bond acceptors (Lipinski definition) is 7. The number of alkyl halides is 2. The number of aromatic nitrogens is 4. The molecule has 27 heavy (non-hydrogen) atoms. The minimum atomic E-state index is -3.47. The van der Waals surface area contributed by atoms with Crippen molar-refractivity contribution in [3.05, 3.63) is 53.9 Å². The van der Waals surface area contributed by atoms with Gasteiger partial charge in [-0.2, -0.15) is 8.78 Å². The molecule has 3 heterocycles. The zero-order valence-electron chi connectivity index (χ0n) is 13.8. The van der Waals surface area contributed by atoms with E-state index in [1.165, 1.54) is 16.7 Å². The van der Waals surface area contributed by atoms with Crippen LogP contribution in [0.4, 0.5) is 14.5 Å². The highest BCUT2D eigenvalue weighted by Crippen LogP contribution is 2.30. The van der Waals surface area contributed by atoms with Gasteiger partial charge in [-0.05, 0) is 18.1 Å². The smallest absolute Gasteiger partial charge is 0.314 e. The van der Waals surface area contributed by atoms with Crippen LogP contribution in [0, 0.1) is 0 Å². The number of halogens is 2. The average Bonchev–Trinajstić information content (AvgIpc) is 3.15. The average molecular weight is 393 g/mol. The summed E-state index contributed by atoms with van der Waals surface area (Å²) in [4.78, 5) is 8.22. The molecule has 3 aromatic rings. The van der Waals surface area contributed by atoms with E-state index in [1.54, 1.807) is 12.1 Å². The van der Waals surface area contributed by atoms with Crippen molar-refractivity contribution in [3.63, 3.8) is 0 Å². The minimum Gasteiger partial charge on any atom is -0.415 e. The maximum absolute atomic E-state index is 12.5. The number of fused-ring (bicyclic) bond motifs is 1. The Balaban J connectivity index is 1.59. The quantitative estimate of drug-likeness (QED) is 0.670. The van der Waals surface area contributed by atoms with Gasteiger partial charge in [0.1, 0.15) is 5.82 Å². The summed E-state index contributed by atoms with van der Waals surface area (Å²) in [7, 11) is -3.47. The Hall–Kier alpha value is -2.95. The third-order valence-corrected chi connectivity index (χ3v) is 5.81. The standard InChI is InChI=1S/C16H13F2N5O3S/c17-14(18)16-22-21-15(26-16)11-7-19-13(20-8-11)9-23-12-4-2-1-3-10(12)5-6-27(23,24)25/h1-4,7-8,14H,5-6,9H2. The number of para-hydroxylation sites is 1. The molecule has 0 fully saturated rings. The van der Waals surface area contributed by atoms with Crippen LogP contribution in [0.2, 0.25) is 0 Å². The number of aryl methyl sites for hydroxylation is 1. The molecule has 0 N–H and O–H groups in total. The Kier molecular flexibility index (Phi) is 4.30. The third kappa shape index (κ3) is 3.37. The van der Waals surface area contributed by atoms with E-state index in [0.29, 0.717) is 12.1 Å². The van der Waals surface area contributed by atoms with Crippen molar-refractivity contribution in [1.82, 2.24) is 20.2 Å². The van der Waals surface area contributed by atoms with Crippen molar-refractivity contribution in [2.24, 2.45) is 0 Å². The van der Waals surface area contributed by atoms with E-state index in [9.17, 15) is 17.2 Å². The topological polar surface area (TPSA) is 102 Å². The lowest BCUT2D eigenvalue weighted by Crippen LogP contribution is -2.37. The maximum atomic E-state index is 12.5. The van der Waals surface area contributed by atoms with E-state index in [0.717, 1.165) is 5.56 Å². The highest BCUT2D eigenvalue weighted by atomic mass is 32.2. The van der Waals surface area contributed by atoms with Crippen molar-refractivity contribution in [2.45, 2.75) is 19.4 Å². The Morgan fingerprint density at radius 3 is 2.59 bits per heavy atom. The van der Waals surface area contributed by atoms with Crippen molar-refractivity contribution in [1.29, 1.82) is 0 Å². The van der Waals surface area contributed by atoms with Gasteiger partial charge in [0.25, 0.3) is 11.8 Å². The zero-order chi connectivity index (χ0) is 19.0. The van der Waals surface area contributed by atoms with E-state index >= 15 is 0 Å². The molecule has 8 nitrogen and oxygen atoms in total. The fraction of sp³-hybridized carbons (Fsp3) is 0.250. The van der Waals surface area contributed by atoms with Gasteiger partial charge in [0.2, 0.25) is 10.0 Å². The zero-order valence-corrected chi connectivity index (χ0v) is 14.6. The van der Waals surface area contributed by atoms with Crippen LogP contribution in [0.15, 0.2) is 41.1 Å². The van der Waals surface area contributed by atoms with E-state index in [1.807, 2.05) is 12.1 Å². The van der Waals surface area contributed by atoms with Gasteiger partial charge in [-0.15, -0.1) is 10.2 Å². The fourth-order valence-electron chi connectivity index (χ4n) is 2.76. The number of anilines is 1. The monoisotopic (exact) mass is 393 g/mol. The lowest BCUT2D eigenvalue weighted by molar-refractivity contribution is 0.116. The number of rotatable bonds is 4. The molecule has 2 aromatic heterocycles. The van der Waals surface area contributed by atoms with E-state index < -0.39 is 22.3 Å². The van der Waals surface area contributed by atoms with Crippen LogP contribution < -0.4 is 4.31 Å². The third-order valence-electron chi connectivity index (χ3n) is 4.09. The van der Waals surface area contributed by atoms with Crippen molar-refractivity contribution in [3.8, 4) is 11.5 Å². The molecule has 1 aliphatic heterocycles. The van der Waals surface area contributed by atoms with Crippen LogP contribution in [0.3, 0.4) is 0 Å². The molecule has 0 radical (unpaired) electrons. The number of nitrogens with zero attached hydrogens (tertiary/aromatic N) is 5. The molecule has 140 valence electrons. The molecule has 0 aliphatic carbocycles. The molecule has 0 saturated carbocycles. The first-order valence-electron chi connectivity index (χ1n) is 7.95. The normalized spacial score (nSPS) is 15.7. The molecule has 0 unspecified atom stereocenters. The number of hydrogen-bond donors (Lipinski definition) is 0. The van der Waals surface area contributed by atoms with E-state index in [2.05, 4.69) is 20.2 Å². The second-order valence-electron chi connectivity index (χ2n) is 5.84. The summed E-state index contributed by atoms with van der Waals surface area (Å²) in [6, 6.07) is 7.26. The first-order chi connectivity index (χ1) is 12.9.